The zero-order valence-corrected chi connectivity index (χ0v) is 23.3. The van der Waals surface area contributed by atoms with Gasteiger partial charge in [0.1, 0.15) is 16.6 Å². The molecule has 0 aliphatic rings. The van der Waals surface area contributed by atoms with Gasteiger partial charge in [0.25, 0.3) is 0 Å². The molecule has 0 unspecified atom stereocenters. The maximum absolute atomic E-state index is 12.4. The summed E-state index contributed by atoms with van der Waals surface area (Å²) in [5, 5.41) is 18.7. The number of ether oxygens (including phenoxy) is 1. The summed E-state index contributed by atoms with van der Waals surface area (Å²) < 4.78 is 42.7. The Kier molecular flexibility index (Phi) is 10.9. The van der Waals surface area contributed by atoms with Crippen molar-refractivity contribution in [2.45, 2.75) is 51.8 Å². The Morgan fingerprint density at radius 2 is 1.90 bits per heavy atom. The Bertz CT molecular complexity index is 1410. The molecule has 15 heteroatoms. The quantitative estimate of drug-likeness (QED) is 0.173. The summed E-state index contributed by atoms with van der Waals surface area (Å²) in [6.07, 6.45) is 2.70. The summed E-state index contributed by atoms with van der Waals surface area (Å²) >= 11 is 1.32. The number of aromatic nitrogens is 4. The first-order valence-corrected chi connectivity index (χ1v) is 13.4. The molecule has 0 aliphatic heterocycles. The molecule has 41 heavy (non-hydrogen) atoms. The van der Waals surface area contributed by atoms with Crippen LogP contribution in [0, 0.1) is 6.92 Å². The molecule has 0 saturated heterocycles. The van der Waals surface area contributed by atoms with Crippen LogP contribution in [0.3, 0.4) is 0 Å². The number of carbonyl (C=O) groups excluding carboxylic acids is 2. The highest BCUT2D eigenvalue weighted by atomic mass is 32.1. The number of rotatable bonds is 13. The van der Waals surface area contributed by atoms with Crippen molar-refractivity contribution in [3.8, 4) is 5.75 Å². The van der Waals surface area contributed by atoms with E-state index in [0.717, 1.165) is 41.2 Å². The van der Waals surface area contributed by atoms with Gasteiger partial charge in [-0.15, -0.1) is 23.4 Å². The van der Waals surface area contributed by atoms with Crippen LogP contribution in [0.25, 0.3) is 0 Å². The number of anilines is 1. The minimum absolute atomic E-state index is 0.0442. The molecule has 0 spiro atoms. The maximum atomic E-state index is 12.4. The second-order valence-corrected chi connectivity index (χ2v) is 10.2. The number of nitrogens with two attached hydrogens (primary N) is 2. The molecule has 220 valence electrons. The first-order chi connectivity index (χ1) is 19.4. The standard InChI is InChI=1S/C26H31F3N8O3S/c1-16-18(15-32-37(16)2)14-23(39)34-25-36-35-24(41-25)9-4-3-7-19(30)10-11-21(31)33-22(38)13-17-6-5-8-20(12-17)40-26(27,28)29/h5-6,8,10-12,15H,3-4,7,9,13-14,30-31H2,1-2H3,(H,33,38)(H,34,36,39)/b19-10-,21-11+. The van der Waals surface area contributed by atoms with E-state index in [1.165, 1.54) is 29.5 Å². The molecule has 3 rings (SSSR count). The molecule has 3 aromatic rings. The van der Waals surface area contributed by atoms with E-state index in [1.807, 2.05) is 14.0 Å². The molecule has 0 radical (unpaired) electrons. The number of hydrogen-bond acceptors (Lipinski definition) is 9. The normalized spacial score (nSPS) is 12.3. The van der Waals surface area contributed by atoms with Crippen molar-refractivity contribution in [1.82, 2.24) is 25.3 Å². The van der Waals surface area contributed by atoms with Gasteiger partial charge in [0.15, 0.2) is 0 Å². The molecular formula is C26H31F3N8O3S. The van der Waals surface area contributed by atoms with E-state index >= 15 is 0 Å². The highest BCUT2D eigenvalue weighted by molar-refractivity contribution is 7.15. The number of unbranched alkanes of at least 4 members (excludes halogenated alkanes) is 1. The van der Waals surface area contributed by atoms with Crippen molar-refractivity contribution >= 4 is 28.3 Å². The van der Waals surface area contributed by atoms with Gasteiger partial charge in [0.2, 0.25) is 16.9 Å². The number of carbonyl (C=O) groups is 2. The summed E-state index contributed by atoms with van der Waals surface area (Å²) in [5.41, 5.74) is 14.5. The van der Waals surface area contributed by atoms with Crippen molar-refractivity contribution in [3.63, 3.8) is 0 Å². The van der Waals surface area contributed by atoms with Gasteiger partial charge in [0.05, 0.1) is 19.0 Å². The number of nitrogens with one attached hydrogen (secondary N) is 2. The Morgan fingerprint density at radius 3 is 2.61 bits per heavy atom. The highest BCUT2D eigenvalue weighted by Crippen LogP contribution is 2.23. The Morgan fingerprint density at radius 1 is 1.12 bits per heavy atom. The number of aryl methyl sites for hydroxylation is 2. The largest absolute Gasteiger partial charge is 0.573 e. The first kappa shape index (κ1) is 31.1. The lowest BCUT2D eigenvalue weighted by atomic mass is 10.1. The maximum Gasteiger partial charge on any atom is 0.573 e. The monoisotopic (exact) mass is 592 g/mol. The topological polar surface area (TPSA) is 163 Å². The van der Waals surface area contributed by atoms with Gasteiger partial charge < -0.3 is 26.8 Å². The number of allylic oxidation sites excluding steroid dienone is 3. The number of halogens is 3. The minimum atomic E-state index is -4.82. The summed E-state index contributed by atoms with van der Waals surface area (Å²) in [6, 6.07) is 5.15. The lowest BCUT2D eigenvalue weighted by Crippen LogP contribution is -2.28. The van der Waals surface area contributed by atoms with Crippen molar-refractivity contribution in [3.05, 3.63) is 76.0 Å². The second-order valence-electron chi connectivity index (χ2n) is 9.10. The molecule has 2 heterocycles. The molecule has 11 nitrogen and oxygen atoms in total. The molecule has 6 N–H and O–H groups in total. The lowest BCUT2D eigenvalue weighted by Gasteiger charge is -2.10. The van der Waals surface area contributed by atoms with Gasteiger partial charge in [0, 0.05) is 30.4 Å². The van der Waals surface area contributed by atoms with Crippen LogP contribution in [0.2, 0.25) is 0 Å². The number of nitrogens with zero attached hydrogens (tertiary/aromatic N) is 4. The van der Waals surface area contributed by atoms with Crippen LogP contribution in [0.15, 0.2) is 54.1 Å². The molecule has 2 aromatic heterocycles. The van der Waals surface area contributed by atoms with Gasteiger partial charge >= 0.3 is 6.36 Å². The van der Waals surface area contributed by atoms with Gasteiger partial charge in [-0.25, -0.2) is 0 Å². The number of hydrogen-bond donors (Lipinski definition) is 4. The molecule has 0 aliphatic carbocycles. The zero-order valence-electron chi connectivity index (χ0n) is 22.5. The highest BCUT2D eigenvalue weighted by Gasteiger charge is 2.31. The SMILES string of the molecule is Cc1c(CC(=O)Nc2nnc(CCCC/C(N)=C/C=C(\N)NC(=O)Cc3cccc(OC(F)(F)F)c3)s2)cnn1C. The predicted octanol–water partition coefficient (Wildman–Crippen LogP) is 3.37. The number of amides is 2. The smallest absolute Gasteiger partial charge is 0.406 e. The van der Waals surface area contributed by atoms with Crippen molar-refractivity contribution in [1.29, 1.82) is 0 Å². The van der Waals surface area contributed by atoms with Crippen LogP contribution in [0.5, 0.6) is 5.75 Å². The third-order valence-corrected chi connectivity index (χ3v) is 6.66. The fraction of sp³-hybridized carbons (Fsp3) is 0.346. The van der Waals surface area contributed by atoms with Crippen LogP contribution in [-0.4, -0.2) is 38.2 Å². The predicted molar refractivity (Wildman–Crippen MR) is 147 cm³/mol. The third kappa shape index (κ3) is 10.9. The Labute approximate surface area is 238 Å². The van der Waals surface area contributed by atoms with E-state index in [2.05, 4.69) is 30.7 Å². The van der Waals surface area contributed by atoms with E-state index in [1.54, 1.807) is 17.0 Å². The number of alkyl halides is 3. The third-order valence-electron chi connectivity index (χ3n) is 5.76. The van der Waals surface area contributed by atoms with Crippen molar-refractivity contribution in [2.24, 2.45) is 18.5 Å². The first-order valence-electron chi connectivity index (χ1n) is 12.5. The van der Waals surface area contributed by atoms with Crippen molar-refractivity contribution < 1.29 is 27.5 Å². The van der Waals surface area contributed by atoms with Crippen molar-refractivity contribution in [2.75, 3.05) is 5.32 Å². The molecule has 0 saturated carbocycles. The molecule has 0 bridgehead atoms. The molecule has 2 amide bonds. The fourth-order valence-corrected chi connectivity index (χ4v) is 4.43. The van der Waals surface area contributed by atoms with E-state index in [4.69, 9.17) is 11.5 Å². The van der Waals surface area contributed by atoms with Gasteiger partial charge in [-0.3, -0.25) is 14.3 Å². The summed E-state index contributed by atoms with van der Waals surface area (Å²) in [6.45, 7) is 1.90. The Balaban J connectivity index is 1.36. The molecule has 0 fully saturated rings. The van der Waals surface area contributed by atoms with Crippen LogP contribution in [-0.2, 0) is 35.9 Å². The second kappa shape index (κ2) is 14.3. The summed E-state index contributed by atoms with van der Waals surface area (Å²) in [4.78, 5) is 24.5. The van der Waals surface area contributed by atoms with Crippen LogP contribution in [0.4, 0.5) is 18.3 Å². The van der Waals surface area contributed by atoms with Gasteiger partial charge in [-0.2, -0.15) is 5.10 Å². The molecule has 0 atom stereocenters. The zero-order chi connectivity index (χ0) is 30.0. The average Bonchev–Trinajstić information content (AvgIpc) is 3.45. The molecular weight excluding hydrogens is 561 g/mol. The van der Waals surface area contributed by atoms with E-state index < -0.39 is 18.0 Å². The Hall–Kier alpha value is -4.40. The van der Waals surface area contributed by atoms with Crippen LogP contribution in [0.1, 0.15) is 41.1 Å². The average molecular weight is 593 g/mol. The van der Waals surface area contributed by atoms with E-state index in [-0.39, 0.29) is 24.6 Å². The minimum Gasteiger partial charge on any atom is -0.406 e. The number of benzene rings is 1. The van der Waals surface area contributed by atoms with E-state index in [9.17, 15) is 22.8 Å². The fourth-order valence-electron chi connectivity index (χ4n) is 3.63. The van der Waals surface area contributed by atoms with Gasteiger partial charge in [-0.05, 0) is 56.0 Å². The molecule has 1 aromatic carbocycles. The van der Waals surface area contributed by atoms with Gasteiger partial charge in [-0.1, -0.05) is 23.5 Å². The van der Waals surface area contributed by atoms with Crippen LogP contribution >= 0.6 is 11.3 Å². The lowest BCUT2D eigenvalue weighted by molar-refractivity contribution is -0.274. The van der Waals surface area contributed by atoms with E-state index in [0.29, 0.717) is 29.2 Å². The summed E-state index contributed by atoms with van der Waals surface area (Å²) in [5.74, 6) is -1.06. The summed E-state index contributed by atoms with van der Waals surface area (Å²) in [7, 11) is 1.82. The van der Waals surface area contributed by atoms with Crippen LogP contribution < -0.4 is 26.8 Å².